The van der Waals surface area contributed by atoms with Crippen LogP contribution in [0.4, 0.5) is 0 Å². The molecule has 6 heteroatoms. The molecule has 0 radical (unpaired) electrons. The Hall–Kier alpha value is -1.07. The van der Waals surface area contributed by atoms with E-state index >= 15 is 0 Å². The molecule has 96 valence electrons. The Morgan fingerprint density at radius 1 is 1.65 bits per heavy atom. The number of aryl methyl sites for hydroxylation is 1. The number of likely N-dealkylation sites (N-methyl/N-ethyl adjacent to an activating group) is 1. The summed E-state index contributed by atoms with van der Waals surface area (Å²) in [5, 5.41) is 10.0. The topological polar surface area (TPSA) is 59.0 Å². The third-order valence-corrected chi connectivity index (χ3v) is 2.87. The Morgan fingerprint density at radius 3 is 2.82 bits per heavy atom. The van der Waals surface area contributed by atoms with Gasteiger partial charge in [0.05, 0.1) is 6.20 Å². The number of hydrogen-bond acceptors (Lipinski definition) is 3. The van der Waals surface area contributed by atoms with Crippen LogP contribution in [0.2, 0.25) is 0 Å². The summed E-state index contributed by atoms with van der Waals surface area (Å²) in [7, 11) is 3.63. The Bertz CT molecular complexity index is 375. The molecule has 0 aromatic carbocycles. The minimum atomic E-state index is -0.299. The molecule has 1 heterocycles. The molecule has 17 heavy (non-hydrogen) atoms. The van der Waals surface area contributed by atoms with Gasteiger partial charge >= 0.3 is 0 Å². The highest BCUT2D eigenvalue weighted by atomic mass is 35.5. The zero-order valence-electron chi connectivity index (χ0n) is 10.1. The van der Waals surface area contributed by atoms with Gasteiger partial charge in [0, 0.05) is 25.4 Å². The molecule has 0 aliphatic heterocycles. The van der Waals surface area contributed by atoms with Gasteiger partial charge in [-0.1, -0.05) is 0 Å². The van der Waals surface area contributed by atoms with Crippen molar-refractivity contribution in [3.8, 4) is 0 Å². The fourth-order valence-corrected chi connectivity index (χ4v) is 1.71. The number of rotatable bonds is 5. The van der Waals surface area contributed by atoms with E-state index in [2.05, 4.69) is 15.7 Å². The van der Waals surface area contributed by atoms with E-state index in [1.165, 1.54) is 12.8 Å². The summed E-state index contributed by atoms with van der Waals surface area (Å²) >= 11 is 0. The predicted octanol–water partition coefficient (Wildman–Crippen LogP) is 0.629. The van der Waals surface area contributed by atoms with Gasteiger partial charge in [-0.25, -0.2) is 0 Å². The van der Waals surface area contributed by atoms with Gasteiger partial charge in [0.15, 0.2) is 0 Å². The van der Waals surface area contributed by atoms with Crippen molar-refractivity contribution in [2.24, 2.45) is 13.0 Å². The van der Waals surface area contributed by atoms with Crippen LogP contribution in [0.5, 0.6) is 0 Å². The molecular weight excluding hydrogens is 240 g/mol. The molecule has 1 aromatic heterocycles. The Labute approximate surface area is 107 Å². The van der Waals surface area contributed by atoms with Crippen molar-refractivity contribution >= 4 is 18.3 Å². The maximum atomic E-state index is 11.9. The fraction of sp³-hybridized carbons (Fsp3) is 0.636. The van der Waals surface area contributed by atoms with E-state index in [1.54, 1.807) is 17.9 Å². The molecule has 2 rings (SSSR count). The first-order valence-electron chi connectivity index (χ1n) is 5.64. The molecule has 1 atom stereocenters. The average molecular weight is 259 g/mol. The van der Waals surface area contributed by atoms with Gasteiger partial charge in [-0.2, -0.15) is 5.10 Å². The van der Waals surface area contributed by atoms with Crippen LogP contribution < -0.4 is 10.6 Å². The largest absolute Gasteiger partial charge is 0.354 e. The number of amides is 1. The summed E-state index contributed by atoms with van der Waals surface area (Å²) in [6.45, 7) is 0.803. The second-order valence-corrected chi connectivity index (χ2v) is 4.36. The van der Waals surface area contributed by atoms with Gasteiger partial charge in [-0.15, -0.1) is 12.4 Å². The smallest absolute Gasteiger partial charge is 0.241 e. The second-order valence-electron chi connectivity index (χ2n) is 4.36. The highest BCUT2D eigenvalue weighted by Crippen LogP contribution is 2.27. The van der Waals surface area contributed by atoms with Crippen molar-refractivity contribution in [3.63, 3.8) is 0 Å². The minimum Gasteiger partial charge on any atom is -0.354 e. The lowest BCUT2D eigenvalue weighted by molar-refractivity contribution is -0.123. The van der Waals surface area contributed by atoms with Crippen LogP contribution in [0, 0.1) is 5.92 Å². The van der Waals surface area contributed by atoms with Gasteiger partial charge < -0.3 is 10.6 Å². The number of nitrogens with one attached hydrogen (secondary N) is 2. The average Bonchev–Trinajstić information content (AvgIpc) is 3.00. The Kier molecular flexibility index (Phi) is 4.96. The monoisotopic (exact) mass is 258 g/mol. The lowest BCUT2D eigenvalue weighted by Gasteiger charge is -2.14. The molecule has 2 N–H and O–H groups in total. The quantitative estimate of drug-likeness (QED) is 0.815. The molecule has 1 saturated carbocycles. The Balaban J connectivity index is 0.00000144. The third kappa shape index (κ3) is 3.71. The van der Waals surface area contributed by atoms with E-state index < -0.39 is 0 Å². The van der Waals surface area contributed by atoms with Crippen LogP contribution in [-0.4, -0.2) is 29.3 Å². The zero-order valence-corrected chi connectivity index (χ0v) is 11.0. The molecule has 1 aliphatic carbocycles. The standard InChI is InChI=1S/C11H18N4O.ClH/c1-12-10(9-6-14-15(2)7-9)11(16)13-5-8-3-4-8;/h6-8,10,12H,3-5H2,1-2H3,(H,13,16);1H. The summed E-state index contributed by atoms with van der Waals surface area (Å²) < 4.78 is 1.70. The van der Waals surface area contributed by atoms with E-state index in [-0.39, 0.29) is 24.4 Å². The van der Waals surface area contributed by atoms with Crippen molar-refractivity contribution < 1.29 is 4.79 Å². The van der Waals surface area contributed by atoms with Gasteiger partial charge in [0.25, 0.3) is 0 Å². The molecule has 1 aromatic rings. The van der Waals surface area contributed by atoms with Crippen molar-refractivity contribution in [1.82, 2.24) is 20.4 Å². The molecule has 0 spiro atoms. The van der Waals surface area contributed by atoms with Gasteiger partial charge in [-0.3, -0.25) is 9.48 Å². The van der Waals surface area contributed by atoms with Crippen LogP contribution in [0.1, 0.15) is 24.4 Å². The van der Waals surface area contributed by atoms with Gasteiger partial charge in [-0.05, 0) is 25.8 Å². The van der Waals surface area contributed by atoms with Crippen molar-refractivity contribution in [2.75, 3.05) is 13.6 Å². The highest BCUT2D eigenvalue weighted by molar-refractivity contribution is 5.85. The van der Waals surface area contributed by atoms with E-state index in [0.717, 1.165) is 12.1 Å². The van der Waals surface area contributed by atoms with Crippen molar-refractivity contribution in [2.45, 2.75) is 18.9 Å². The van der Waals surface area contributed by atoms with Crippen LogP contribution in [0.15, 0.2) is 12.4 Å². The number of hydrogen-bond donors (Lipinski definition) is 2. The van der Waals surface area contributed by atoms with E-state index in [0.29, 0.717) is 5.92 Å². The Morgan fingerprint density at radius 2 is 2.35 bits per heavy atom. The maximum absolute atomic E-state index is 11.9. The summed E-state index contributed by atoms with van der Waals surface area (Å²) in [4.78, 5) is 11.9. The molecule has 5 nitrogen and oxygen atoms in total. The fourth-order valence-electron chi connectivity index (χ4n) is 1.71. The predicted molar refractivity (Wildman–Crippen MR) is 68.0 cm³/mol. The van der Waals surface area contributed by atoms with Crippen molar-refractivity contribution in [3.05, 3.63) is 18.0 Å². The van der Waals surface area contributed by atoms with E-state index in [9.17, 15) is 4.79 Å². The highest BCUT2D eigenvalue weighted by Gasteiger charge is 2.25. The van der Waals surface area contributed by atoms with Gasteiger partial charge in [0.2, 0.25) is 5.91 Å². The summed E-state index contributed by atoms with van der Waals surface area (Å²) in [6.07, 6.45) is 6.07. The SMILES string of the molecule is CNC(C(=O)NCC1CC1)c1cnn(C)c1.Cl. The summed E-state index contributed by atoms with van der Waals surface area (Å²) in [5.74, 6) is 0.734. The van der Waals surface area contributed by atoms with E-state index in [4.69, 9.17) is 0 Å². The number of carbonyl (C=O) groups excluding carboxylic acids is 1. The normalized spacial score (nSPS) is 16.1. The molecule has 1 unspecified atom stereocenters. The first-order chi connectivity index (χ1) is 7.70. The van der Waals surface area contributed by atoms with Crippen molar-refractivity contribution in [1.29, 1.82) is 0 Å². The number of nitrogens with zero attached hydrogens (tertiary/aromatic N) is 2. The molecule has 0 bridgehead atoms. The minimum absolute atomic E-state index is 0. The number of aromatic nitrogens is 2. The van der Waals surface area contributed by atoms with Gasteiger partial charge in [0.1, 0.15) is 6.04 Å². The zero-order chi connectivity index (χ0) is 11.5. The van der Waals surface area contributed by atoms with Crippen LogP contribution in [-0.2, 0) is 11.8 Å². The second kappa shape index (κ2) is 6.02. The summed E-state index contributed by atoms with van der Waals surface area (Å²) in [6, 6.07) is -0.299. The molecule has 1 fully saturated rings. The molecule has 1 amide bonds. The lowest BCUT2D eigenvalue weighted by Crippen LogP contribution is -2.36. The third-order valence-electron chi connectivity index (χ3n) is 2.87. The van der Waals surface area contributed by atoms with E-state index in [1.807, 2.05) is 13.2 Å². The molecule has 0 saturated heterocycles. The first kappa shape index (κ1) is 14.0. The van der Waals surface area contributed by atoms with Crippen LogP contribution in [0.3, 0.4) is 0 Å². The molecule has 1 aliphatic rings. The first-order valence-corrected chi connectivity index (χ1v) is 5.64. The lowest BCUT2D eigenvalue weighted by atomic mass is 10.1. The maximum Gasteiger partial charge on any atom is 0.241 e. The van der Waals surface area contributed by atoms with Crippen LogP contribution in [0.25, 0.3) is 0 Å². The van der Waals surface area contributed by atoms with Crippen LogP contribution >= 0.6 is 12.4 Å². The molecular formula is C11H19ClN4O. The summed E-state index contributed by atoms with van der Waals surface area (Å²) in [5.41, 5.74) is 0.901. The number of carbonyl (C=O) groups is 1. The number of halogens is 1.